The molecular formula is C10H8F6O4. The normalized spacial score (nSPS) is 13.3. The maximum Gasteiger partial charge on any atom is 0.437 e. The maximum absolute atomic E-state index is 12.6. The van der Waals surface area contributed by atoms with Crippen LogP contribution in [-0.4, -0.2) is 35.0 Å². The summed E-state index contributed by atoms with van der Waals surface area (Å²) < 4.78 is 79.2. The molecule has 4 nitrogen and oxygen atoms in total. The predicted molar refractivity (Wildman–Crippen MR) is 52.5 cm³/mol. The van der Waals surface area contributed by atoms with Gasteiger partial charge in [-0.3, -0.25) is 0 Å². The molecule has 0 aliphatic heterocycles. The maximum atomic E-state index is 12.6. The Morgan fingerprint density at radius 1 is 1.05 bits per heavy atom. The van der Waals surface area contributed by atoms with Gasteiger partial charge in [0, 0.05) is 18.6 Å². The zero-order chi connectivity index (χ0) is 16.2. The van der Waals surface area contributed by atoms with Gasteiger partial charge in [0.25, 0.3) is 0 Å². The number of carboxylic acids is 1. The number of carbonyl (C=O) groups excluding carboxylic acids is 1. The standard InChI is InChI=1S/C10H8F6O4/c1-2-5-8(9(11,12)13,10(14,15)16)20-7(19)4-3-6(17)18/h2-4H,1,5H2,(H,17,18). The number of hydrogen-bond acceptors (Lipinski definition) is 3. The van der Waals surface area contributed by atoms with E-state index in [1.54, 1.807) is 0 Å². The number of ether oxygens (including phenoxy) is 1. The van der Waals surface area contributed by atoms with Crippen molar-refractivity contribution < 1.29 is 45.8 Å². The van der Waals surface area contributed by atoms with Crippen molar-refractivity contribution in [2.45, 2.75) is 24.4 Å². The second kappa shape index (κ2) is 5.97. The van der Waals surface area contributed by atoms with E-state index in [4.69, 9.17) is 5.11 Å². The Balaban J connectivity index is 5.60. The Labute approximate surface area is 108 Å². The van der Waals surface area contributed by atoms with Gasteiger partial charge in [-0.2, -0.15) is 26.3 Å². The van der Waals surface area contributed by atoms with Gasteiger partial charge < -0.3 is 9.84 Å². The van der Waals surface area contributed by atoms with Crippen molar-refractivity contribution in [2.75, 3.05) is 0 Å². The number of halogens is 6. The Hall–Kier alpha value is -2.00. The van der Waals surface area contributed by atoms with Crippen LogP contribution in [0.2, 0.25) is 0 Å². The molecule has 0 amide bonds. The number of alkyl halides is 6. The molecule has 0 spiro atoms. The predicted octanol–water partition coefficient (Wildman–Crippen LogP) is 2.61. The fourth-order valence-corrected chi connectivity index (χ4v) is 1.10. The van der Waals surface area contributed by atoms with E-state index in [1.165, 1.54) is 0 Å². The monoisotopic (exact) mass is 306 g/mol. The molecular weight excluding hydrogens is 298 g/mol. The van der Waals surface area contributed by atoms with Crippen LogP contribution in [0.15, 0.2) is 24.8 Å². The molecule has 0 saturated carbocycles. The Morgan fingerprint density at radius 3 is 1.80 bits per heavy atom. The summed E-state index contributed by atoms with van der Waals surface area (Å²) in [6.07, 6.45) is -13.4. The first kappa shape index (κ1) is 18.0. The van der Waals surface area contributed by atoms with Crippen molar-refractivity contribution in [1.82, 2.24) is 0 Å². The largest absolute Gasteiger partial charge is 0.478 e. The van der Waals surface area contributed by atoms with Crippen LogP contribution in [0.25, 0.3) is 0 Å². The van der Waals surface area contributed by atoms with Crippen molar-refractivity contribution in [3.05, 3.63) is 24.8 Å². The number of hydrogen-bond donors (Lipinski definition) is 1. The summed E-state index contributed by atoms with van der Waals surface area (Å²) in [5, 5.41) is 8.13. The molecule has 10 heteroatoms. The quantitative estimate of drug-likeness (QED) is 0.367. The van der Waals surface area contributed by atoms with Gasteiger partial charge in [0.05, 0.1) is 0 Å². The highest BCUT2D eigenvalue weighted by Crippen LogP contribution is 2.48. The number of carbonyl (C=O) groups is 2. The molecule has 0 bridgehead atoms. The van der Waals surface area contributed by atoms with Crippen LogP contribution in [-0.2, 0) is 14.3 Å². The summed E-state index contributed by atoms with van der Waals surface area (Å²) in [6, 6.07) is 0. The third-order valence-corrected chi connectivity index (χ3v) is 1.98. The van der Waals surface area contributed by atoms with E-state index >= 15 is 0 Å². The Bertz CT molecular complexity index is 406. The lowest BCUT2D eigenvalue weighted by atomic mass is 9.97. The Morgan fingerprint density at radius 2 is 1.50 bits per heavy atom. The van der Waals surface area contributed by atoms with Gasteiger partial charge in [-0.15, -0.1) is 6.58 Å². The average Bonchev–Trinajstić information content (AvgIpc) is 2.22. The summed E-state index contributed by atoms with van der Waals surface area (Å²) in [7, 11) is 0. The minimum absolute atomic E-state index is 0.0494. The van der Waals surface area contributed by atoms with Crippen LogP contribution in [0.1, 0.15) is 6.42 Å². The lowest BCUT2D eigenvalue weighted by molar-refractivity contribution is -0.367. The van der Waals surface area contributed by atoms with E-state index in [0.717, 1.165) is 0 Å². The van der Waals surface area contributed by atoms with Gasteiger partial charge in [0.2, 0.25) is 0 Å². The molecule has 0 unspecified atom stereocenters. The smallest absolute Gasteiger partial charge is 0.437 e. The molecule has 0 aromatic rings. The topological polar surface area (TPSA) is 63.6 Å². The lowest BCUT2D eigenvalue weighted by Crippen LogP contribution is -2.59. The number of esters is 1. The van der Waals surface area contributed by atoms with Gasteiger partial charge in [0.1, 0.15) is 0 Å². The Kier molecular flexibility index (Phi) is 5.37. The average molecular weight is 306 g/mol. The fraction of sp³-hybridized carbons (Fsp3) is 0.400. The lowest BCUT2D eigenvalue weighted by Gasteiger charge is -2.35. The first-order valence-electron chi connectivity index (χ1n) is 4.75. The van der Waals surface area contributed by atoms with Gasteiger partial charge in [0.15, 0.2) is 0 Å². The highest BCUT2D eigenvalue weighted by atomic mass is 19.4. The van der Waals surface area contributed by atoms with Crippen molar-refractivity contribution in [3.63, 3.8) is 0 Å². The van der Waals surface area contributed by atoms with Gasteiger partial charge in [-0.05, 0) is 0 Å². The summed E-state index contributed by atoms with van der Waals surface area (Å²) in [5.41, 5.74) is -4.78. The molecule has 0 radical (unpaired) electrons. The van der Waals surface area contributed by atoms with E-state index in [9.17, 15) is 35.9 Å². The summed E-state index contributed by atoms with van der Waals surface area (Å²) in [4.78, 5) is 21.0. The van der Waals surface area contributed by atoms with E-state index in [0.29, 0.717) is 0 Å². The second-order valence-electron chi connectivity index (χ2n) is 3.41. The molecule has 0 heterocycles. The van der Waals surface area contributed by atoms with Crippen LogP contribution in [0.5, 0.6) is 0 Å². The molecule has 0 atom stereocenters. The second-order valence-corrected chi connectivity index (χ2v) is 3.41. The van der Waals surface area contributed by atoms with Gasteiger partial charge >= 0.3 is 29.9 Å². The summed E-state index contributed by atoms with van der Waals surface area (Å²) >= 11 is 0. The number of rotatable bonds is 5. The fourth-order valence-electron chi connectivity index (χ4n) is 1.10. The van der Waals surface area contributed by atoms with Crippen molar-refractivity contribution in [3.8, 4) is 0 Å². The zero-order valence-electron chi connectivity index (χ0n) is 9.59. The van der Waals surface area contributed by atoms with E-state index in [-0.39, 0.29) is 18.2 Å². The van der Waals surface area contributed by atoms with E-state index < -0.39 is 36.3 Å². The van der Waals surface area contributed by atoms with Crippen LogP contribution >= 0.6 is 0 Å². The molecule has 0 aromatic heterocycles. The first-order chi connectivity index (χ1) is 8.87. The molecule has 0 aliphatic rings. The van der Waals surface area contributed by atoms with Crippen molar-refractivity contribution in [2.24, 2.45) is 0 Å². The van der Waals surface area contributed by atoms with Gasteiger partial charge in [-0.1, -0.05) is 6.08 Å². The van der Waals surface area contributed by atoms with Crippen molar-refractivity contribution >= 4 is 11.9 Å². The molecule has 0 aliphatic carbocycles. The van der Waals surface area contributed by atoms with Crippen LogP contribution in [0, 0.1) is 0 Å². The first-order valence-corrected chi connectivity index (χ1v) is 4.75. The third kappa shape index (κ3) is 4.00. The molecule has 1 N–H and O–H groups in total. The van der Waals surface area contributed by atoms with E-state index in [2.05, 4.69) is 11.3 Å². The summed E-state index contributed by atoms with van der Waals surface area (Å²) in [5.74, 6) is -3.83. The number of aliphatic carboxylic acids is 1. The molecule has 114 valence electrons. The van der Waals surface area contributed by atoms with Crippen LogP contribution < -0.4 is 0 Å². The molecule has 20 heavy (non-hydrogen) atoms. The molecule has 0 saturated heterocycles. The zero-order valence-corrected chi connectivity index (χ0v) is 9.59. The minimum atomic E-state index is -5.95. The van der Waals surface area contributed by atoms with Crippen LogP contribution in [0.4, 0.5) is 26.3 Å². The molecule has 0 fully saturated rings. The highest BCUT2D eigenvalue weighted by molar-refractivity contribution is 5.91. The molecule has 0 aromatic carbocycles. The minimum Gasteiger partial charge on any atom is -0.478 e. The van der Waals surface area contributed by atoms with Crippen LogP contribution in [0.3, 0.4) is 0 Å². The van der Waals surface area contributed by atoms with E-state index in [1.807, 2.05) is 0 Å². The SMILES string of the molecule is C=CCC(OC(=O)C=CC(=O)O)(C(F)(F)F)C(F)(F)F. The highest BCUT2D eigenvalue weighted by Gasteiger charge is 2.73. The van der Waals surface area contributed by atoms with Crippen molar-refractivity contribution in [1.29, 1.82) is 0 Å². The molecule has 0 rings (SSSR count). The van der Waals surface area contributed by atoms with Gasteiger partial charge in [-0.25, -0.2) is 9.59 Å². The summed E-state index contributed by atoms with van der Waals surface area (Å²) in [6.45, 7) is 2.75. The third-order valence-electron chi connectivity index (χ3n) is 1.98. The number of carboxylic acid groups (broad SMARTS) is 1.